The van der Waals surface area contributed by atoms with Gasteiger partial charge in [0.1, 0.15) is 0 Å². The Morgan fingerprint density at radius 1 is 0.862 bits per heavy atom. The highest BCUT2D eigenvalue weighted by atomic mass is 32.1. The largest absolute Gasteiger partial charge is 0.256 e. The molecule has 1 nitrogen and oxygen atoms in total. The Hall–Kier alpha value is -2.97. The highest BCUT2D eigenvalue weighted by Gasteiger charge is 2.13. The van der Waals surface area contributed by atoms with Gasteiger partial charge in [-0.05, 0) is 47.7 Å². The molecule has 0 aliphatic carbocycles. The van der Waals surface area contributed by atoms with Crippen molar-refractivity contribution in [2.24, 2.45) is 0 Å². The van der Waals surface area contributed by atoms with Gasteiger partial charge < -0.3 is 0 Å². The lowest BCUT2D eigenvalue weighted by molar-refractivity contribution is 0.864. The van der Waals surface area contributed by atoms with Gasteiger partial charge in [-0.25, -0.2) is 0 Å². The van der Waals surface area contributed by atoms with E-state index in [-0.39, 0.29) is 0 Å². The second-order valence-electron chi connectivity index (χ2n) is 7.79. The van der Waals surface area contributed by atoms with Crippen molar-refractivity contribution in [2.75, 3.05) is 0 Å². The molecule has 0 aliphatic rings. The van der Waals surface area contributed by atoms with Crippen molar-refractivity contribution in [1.29, 1.82) is 0 Å². The molecule has 3 aromatic carbocycles. The molecule has 0 saturated heterocycles. The molecule has 0 radical (unpaired) electrons. The fraction of sp³-hybridized carbons (Fsp3) is 0.148. The molecule has 0 amide bonds. The summed E-state index contributed by atoms with van der Waals surface area (Å²) in [7, 11) is 0. The Morgan fingerprint density at radius 3 is 2.52 bits per heavy atom. The molecule has 5 aromatic rings. The number of benzene rings is 3. The van der Waals surface area contributed by atoms with Crippen LogP contribution in [0.15, 0.2) is 79.0 Å². The topological polar surface area (TPSA) is 12.9 Å². The fourth-order valence-corrected chi connectivity index (χ4v) is 5.16. The van der Waals surface area contributed by atoms with Crippen LogP contribution in [0.1, 0.15) is 32.2 Å². The highest BCUT2D eigenvalue weighted by molar-refractivity contribution is 7.26. The molecular formula is C27H23NS. The van der Waals surface area contributed by atoms with Gasteiger partial charge in [0.15, 0.2) is 0 Å². The predicted octanol–water partition coefficient (Wildman–Crippen LogP) is 8.22. The molecule has 5 rings (SSSR count). The SMILES string of the molecule is [2H]C(C)(C)c1ccnc(-c2cccc3c2sc2cc(-c4cccc(C)c4)ccc23)c1. The van der Waals surface area contributed by atoms with Crippen LogP contribution < -0.4 is 0 Å². The molecule has 29 heavy (non-hydrogen) atoms. The number of thiophene rings is 1. The molecule has 2 heterocycles. The number of hydrogen-bond acceptors (Lipinski definition) is 2. The number of fused-ring (bicyclic) bond motifs is 3. The number of aromatic nitrogens is 1. The maximum Gasteiger partial charge on any atom is 0.0719 e. The smallest absolute Gasteiger partial charge is 0.0719 e. The average molecular weight is 395 g/mol. The van der Waals surface area contributed by atoms with Crippen LogP contribution in [0.25, 0.3) is 42.6 Å². The first kappa shape index (κ1) is 16.9. The minimum atomic E-state index is -0.644. The standard InChI is InChI=1S/C27H23NS/c1-17(2)19-12-13-28-25(15-19)24-9-5-8-23-22-11-10-21(16-26(22)29-27(23)24)20-7-4-6-18(3)14-20/h4-17H,1-3H3/i17D. The van der Waals surface area contributed by atoms with E-state index in [2.05, 4.69) is 78.6 Å². The zero-order valence-electron chi connectivity index (χ0n) is 17.9. The zero-order valence-corrected chi connectivity index (χ0v) is 17.7. The summed E-state index contributed by atoms with van der Waals surface area (Å²) in [4.78, 5) is 4.64. The summed E-state index contributed by atoms with van der Waals surface area (Å²) in [5.41, 5.74) is 6.82. The molecular weight excluding hydrogens is 370 g/mol. The van der Waals surface area contributed by atoms with Gasteiger partial charge in [-0.2, -0.15) is 0 Å². The second kappa shape index (κ2) is 7.13. The molecule has 0 N–H and O–H groups in total. The first-order valence-corrected chi connectivity index (χ1v) is 10.7. The Labute approximate surface area is 177 Å². The van der Waals surface area contributed by atoms with E-state index in [0.717, 1.165) is 16.8 Å². The summed E-state index contributed by atoms with van der Waals surface area (Å²) in [6.45, 7) is 5.96. The van der Waals surface area contributed by atoms with Gasteiger partial charge in [0.2, 0.25) is 0 Å². The summed E-state index contributed by atoms with van der Waals surface area (Å²) < 4.78 is 10.9. The Kier molecular flexibility index (Phi) is 4.16. The third-order valence-corrected chi connectivity index (χ3v) is 6.67. The number of aryl methyl sites for hydroxylation is 1. The lowest BCUT2D eigenvalue weighted by Crippen LogP contribution is -1.90. The van der Waals surface area contributed by atoms with E-state index in [9.17, 15) is 0 Å². The maximum atomic E-state index is 8.38. The van der Waals surface area contributed by atoms with Gasteiger partial charge in [0.25, 0.3) is 0 Å². The molecule has 0 unspecified atom stereocenters. The van der Waals surface area contributed by atoms with E-state index >= 15 is 0 Å². The van der Waals surface area contributed by atoms with Crippen LogP contribution in [0.5, 0.6) is 0 Å². The quantitative estimate of drug-likeness (QED) is 0.300. The number of rotatable bonds is 3. The van der Waals surface area contributed by atoms with E-state index in [1.807, 2.05) is 37.4 Å². The van der Waals surface area contributed by atoms with Crippen molar-refractivity contribution in [1.82, 2.24) is 4.98 Å². The molecule has 0 spiro atoms. The predicted molar refractivity (Wildman–Crippen MR) is 127 cm³/mol. The van der Waals surface area contributed by atoms with Gasteiger partial charge >= 0.3 is 0 Å². The maximum absolute atomic E-state index is 8.38. The van der Waals surface area contributed by atoms with E-state index in [1.54, 1.807) is 0 Å². The van der Waals surface area contributed by atoms with Crippen molar-refractivity contribution in [3.63, 3.8) is 0 Å². The summed E-state index contributed by atoms with van der Waals surface area (Å²) in [6.07, 6.45) is 1.82. The first-order chi connectivity index (χ1) is 14.4. The van der Waals surface area contributed by atoms with Crippen molar-refractivity contribution in [2.45, 2.75) is 26.7 Å². The van der Waals surface area contributed by atoms with Gasteiger partial charge in [0.05, 0.1) is 5.69 Å². The van der Waals surface area contributed by atoms with Crippen LogP contribution in [0.2, 0.25) is 0 Å². The van der Waals surface area contributed by atoms with Gasteiger partial charge in [-0.1, -0.05) is 74.0 Å². The van der Waals surface area contributed by atoms with E-state index in [0.29, 0.717) is 0 Å². The summed E-state index contributed by atoms with van der Waals surface area (Å²) in [6, 6.07) is 25.9. The molecule has 2 aromatic heterocycles. The van der Waals surface area contributed by atoms with Crippen molar-refractivity contribution in [3.8, 4) is 22.4 Å². The Morgan fingerprint density at radius 2 is 1.69 bits per heavy atom. The number of nitrogens with zero attached hydrogens (tertiary/aromatic N) is 1. The molecule has 0 bridgehead atoms. The van der Waals surface area contributed by atoms with Crippen LogP contribution in [0, 0.1) is 6.92 Å². The minimum Gasteiger partial charge on any atom is -0.256 e. The van der Waals surface area contributed by atoms with Crippen molar-refractivity contribution in [3.05, 3.63) is 90.1 Å². The van der Waals surface area contributed by atoms with Crippen LogP contribution in [0.4, 0.5) is 0 Å². The fourth-order valence-electron chi connectivity index (χ4n) is 3.89. The molecule has 2 heteroatoms. The zero-order chi connectivity index (χ0) is 20.9. The molecule has 142 valence electrons. The number of hydrogen-bond donors (Lipinski definition) is 0. The third-order valence-electron chi connectivity index (χ3n) is 5.46. The number of pyridine rings is 1. The van der Waals surface area contributed by atoms with Gasteiger partial charge in [-0.15, -0.1) is 11.3 Å². The first-order valence-electron chi connectivity index (χ1n) is 10.4. The van der Waals surface area contributed by atoms with Crippen LogP contribution in [0.3, 0.4) is 0 Å². The summed E-state index contributed by atoms with van der Waals surface area (Å²) >= 11 is 1.82. The van der Waals surface area contributed by atoms with Crippen LogP contribution in [-0.2, 0) is 0 Å². The highest BCUT2D eigenvalue weighted by Crippen LogP contribution is 2.41. The lowest BCUT2D eigenvalue weighted by atomic mass is 10.00. The minimum absolute atomic E-state index is 0.644. The summed E-state index contributed by atoms with van der Waals surface area (Å²) in [5, 5.41) is 2.55. The lowest BCUT2D eigenvalue weighted by Gasteiger charge is -2.08. The van der Waals surface area contributed by atoms with E-state index in [1.165, 1.54) is 36.9 Å². The van der Waals surface area contributed by atoms with E-state index < -0.39 is 5.89 Å². The van der Waals surface area contributed by atoms with Crippen LogP contribution >= 0.6 is 11.3 Å². The molecule has 0 atom stereocenters. The second-order valence-corrected chi connectivity index (χ2v) is 8.85. The summed E-state index contributed by atoms with van der Waals surface area (Å²) in [5.74, 6) is -0.644. The average Bonchev–Trinajstić information content (AvgIpc) is 3.11. The van der Waals surface area contributed by atoms with Crippen molar-refractivity contribution < 1.29 is 1.37 Å². The van der Waals surface area contributed by atoms with Gasteiger partial charge in [-0.3, -0.25) is 4.98 Å². The molecule has 0 fully saturated rings. The molecule has 0 saturated carbocycles. The van der Waals surface area contributed by atoms with E-state index in [4.69, 9.17) is 1.37 Å². The monoisotopic (exact) mass is 394 g/mol. The Bertz CT molecular complexity index is 1390. The van der Waals surface area contributed by atoms with Crippen molar-refractivity contribution >= 4 is 31.5 Å². The normalized spacial score (nSPS) is 12.4. The van der Waals surface area contributed by atoms with Crippen LogP contribution in [-0.4, -0.2) is 4.98 Å². The third kappa shape index (κ3) is 3.24. The Balaban J connectivity index is 1.69. The van der Waals surface area contributed by atoms with Gasteiger partial charge in [0, 0.05) is 33.3 Å². The molecule has 0 aliphatic heterocycles.